The lowest BCUT2D eigenvalue weighted by molar-refractivity contribution is 0.626. The van der Waals surface area contributed by atoms with E-state index in [2.05, 4.69) is 15.1 Å². The SMILES string of the molecule is Cc1ccnc(-c2ccc(C=NN)c(F)c2)n1. The molecule has 1 aromatic carbocycles. The van der Waals surface area contributed by atoms with Crippen LogP contribution >= 0.6 is 0 Å². The van der Waals surface area contributed by atoms with Gasteiger partial charge in [0.2, 0.25) is 0 Å². The molecule has 0 bridgehead atoms. The van der Waals surface area contributed by atoms with Gasteiger partial charge in [0.15, 0.2) is 5.82 Å². The summed E-state index contributed by atoms with van der Waals surface area (Å²) in [6, 6.07) is 6.47. The molecule has 0 amide bonds. The number of benzene rings is 1. The van der Waals surface area contributed by atoms with Crippen LogP contribution in [0.2, 0.25) is 0 Å². The summed E-state index contributed by atoms with van der Waals surface area (Å²) in [5, 5.41) is 3.29. The van der Waals surface area contributed by atoms with E-state index in [1.165, 1.54) is 12.3 Å². The molecule has 0 atom stereocenters. The van der Waals surface area contributed by atoms with Crippen LogP contribution in [0.1, 0.15) is 11.3 Å². The van der Waals surface area contributed by atoms with Crippen LogP contribution in [0.3, 0.4) is 0 Å². The van der Waals surface area contributed by atoms with Crippen LogP contribution in [0, 0.1) is 12.7 Å². The molecule has 2 aromatic rings. The first-order chi connectivity index (χ1) is 8.20. The first-order valence-electron chi connectivity index (χ1n) is 5.03. The van der Waals surface area contributed by atoms with Crippen LogP contribution in [0.4, 0.5) is 4.39 Å². The Hall–Kier alpha value is -2.30. The average Bonchev–Trinajstić information content (AvgIpc) is 2.32. The van der Waals surface area contributed by atoms with Crippen LogP contribution in [0.5, 0.6) is 0 Å². The summed E-state index contributed by atoms with van der Waals surface area (Å²) >= 11 is 0. The van der Waals surface area contributed by atoms with Crippen molar-refractivity contribution >= 4 is 6.21 Å². The number of aryl methyl sites for hydroxylation is 1. The van der Waals surface area contributed by atoms with Gasteiger partial charge in [0, 0.05) is 23.0 Å². The van der Waals surface area contributed by atoms with Crippen LogP contribution < -0.4 is 5.84 Å². The zero-order valence-electron chi connectivity index (χ0n) is 9.26. The Morgan fingerprint density at radius 2 is 2.18 bits per heavy atom. The number of hydrogen-bond donors (Lipinski definition) is 1. The number of rotatable bonds is 2. The predicted molar refractivity (Wildman–Crippen MR) is 63.9 cm³/mol. The van der Waals surface area contributed by atoms with Crippen molar-refractivity contribution in [1.82, 2.24) is 9.97 Å². The monoisotopic (exact) mass is 230 g/mol. The third-order valence-corrected chi connectivity index (χ3v) is 2.27. The van der Waals surface area contributed by atoms with Crippen molar-refractivity contribution in [3.63, 3.8) is 0 Å². The third-order valence-electron chi connectivity index (χ3n) is 2.27. The van der Waals surface area contributed by atoms with E-state index in [-0.39, 0.29) is 0 Å². The first-order valence-corrected chi connectivity index (χ1v) is 5.03. The molecular formula is C12H11FN4. The lowest BCUT2D eigenvalue weighted by Gasteiger charge is -2.02. The molecule has 2 N–H and O–H groups in total. The minimum absolute atomic E-state index is 0.337. The van der Waals surface area contributed by atoms with Crippen molar-refractivity contribution < 1.29 is 4.39 Å². The van der Waals surface area contributed by atoms with Crippen molar-refractivity contribution in [2.24, 2.45) is 10.9 Å². The van der Waals surface area contributed by atoms with Gasteiger partial charge in [-0.2, -0.15) is 5.10 Å². The highest BCUT2D eigenvalue weighted by atomic mass is 19.1. The molecular weight excluding hydrogens is 219 g/mol. The quantitative estimate of drug-likeness (QED) is 0.486. The summed E-state index contributed by atoms with van der Waals surface area (Å²) in [6.07, 6.45) is 2.90. The van der Waals surface area contributed by atoms with Crippen molar-refractivity contribution in [3.8, 4) is 11.4 Å². The summed E-state index contributed by atoms with van der Waals surface area (Å²) in [5.41, 5.74) is 1.80. The van der Waals surface area contributed by atoms with E-state index in [0.717, 1.165) is 5.69 Å². The van der Waals surface area contributed by atoms with Gasteiger partial charge in [-0.25, -0.2) is 14.4 Å². The van der Waals surface area contributed by atoms with Crippen molar-refractivity contribution in [2.75, 3.05) is 0 Å². The molecule has 0 radical (unpaired) electrons. The molecule has 0 saturated carbocycles. The smallest absolute Gasteiger partial charge is 0.159 e. The molecule has 0 unspecified atom stereocenters. The normalized spacial score (nSPS) is 10.9. The Bertz CT molecular complexity index is 566. The molecule has 0 aliphatic heterocycles. The maximum absolute atomic E-state index is 13.6. The van der Waals surface area contributed by atoms with E-state index in [0.29, 0.717) is 17.0 Å². The second-order valence-electron chi connectivity index (χ2n) is 3.54. The zero-order chi connectivity index (χ0) is 12.3. The molecule has 17 heavy (non-hydrogen) atoms. The molecule has 1 aromatic heterocycles. The standard InChI is InChI=1S/C12H11FN4/c1-8-4-5-15-12(17-8)9-2-3-10(7-16-14)11(13)6-9/h2-7H,14H2,1H3. The molecule has 0 aliphatic carbocycles. The van der Waals surface area contributed by atoms with Gasteiger partial charge in [0.05, 0.1) is 6.21 Å². The molecule has 2 rings (SSSR count). The maximum atomic E-state index is 13.6. The van der Waals surface area contributed by atoms with E-state index >= 15 is 0 Å². The first kappa shape index (κ1) is 11.2. The number of aromatic nitrogens is 2. The van der Waals surface area contributed by atoms with Gasteiger partial charge < -0.3 is 5.84 Å². The fourth-order valence-electron chi connectivity index (χ4n) is 1.44. The van der Waals surface area contributed by atoms with Gasteiger partial charge in [0.1, 0.15) is 5.82 Å². The largest absolute Gasteiger partial charge is 0.323 e. The maximum Gasteiger partial charge on any atom is 0.159 e. The molecule has 5 heteroatoms. The van der Waals surface area contributed by atoms with Gasteiger partial charge in [-0.1, -0.05) is 6.07 Å². The van der Waals surface area contributed by atoms with Gasteiger partial charge >= 0.3 is 0 Å². The van der Waals surface area contributed by atoms with Crippen molar-refractivity contribution in [3.05, 3.63) is 47.5 Å². The topological polar surface area (TPSA) is 64.2 Å². The highest BCUT2D eigenvalue weighted by Crippen LogP contribution is 2.17. The Labute approximate surface area is 98.0 Å². The Morgan fingerprint density at radius 1 is 1.35 bits per heavy atom. The molecule has 0 saturated heterocycles. The third kappa shape index (κ3) is 2.44. The number of hydrogen-bond acceptors (Lipinski definition) is 4. The van der Waals surface area contributed by atoms with Gasteiger partial charge in [-0.3, -0.25) is 0 Å². The lowest BCUT2D eigenvalue weighted by Crippen LogP contribution is -1.95. The van der Waals surface area contributed by atoms with Crippen molar-refractivity contribution in [2.45, 2.75) is 6.92 Å². The Morgan fingerprint density at radius 3 is 2.82 bits per heavy atom. The van der Waals surface area contributed by atoms with E-state index in [9.17, 15) is 4.39 Å². The average molecular weight is 230 g/mol. The fraction of sp³-hybridized carbons (Fsp3) is 0.0833. The number of hydrazone groups is 1. The summed E-state index contributed by atoms with van der Waals surface area (Å²) in [6.45, 7) is 1.86. The highest BCUT2D eigenvalue weighted by Gasteiger charge is 2.05. The molecule has 0 aliphatic rings. The van der Waals surface area contributed by atoms with E-state index in [1.54, 1.807) is 24.4 Å². The molecule has 86 valence electrons. The lowest BCUT2D eigenvalue weighted by atomic mass is 10.1. The van der Waals surface area contributed by atoms with Gasteiger partial charge in [-0.15, -0.1) is 0 Å². The van der Waals surface area contributed by atoms with Gasteiger partial charge in [0.25, 0.3) is 0 Å². The summed E-state index contributed by atoms with van der Waals surface area (Å²) in [5.74, 6) is 5.08. The van der Waals surface area contributed by atoms with E-state index in [1.807, 2.05) is 6.92 Å². The summed E-state index contributed by atoms with van der Waals surface area (Å²) in [7, 11) is 0. The summed E-state index contributed by atoms with van der Waals surface area (Å²) < 4.78 is 13.6. The van der Waals surface area contributed by atoms with Crippen LogP contribution in [0.25, 0.3) is 11.4 Å². The number of nitrogens with two attached hydrogens (primary N) is 1. The zero-order valence-corrected chi connectivity index (χ0v) is 9.26. The Balaban J connectivity index is 2.44. The second-order valence-corrected chi connectivity index (χ2v) is 3.54. The second kappa shape index (κ2) is 4.69. The molecule has 0 fully saturated rings. The highest BCUT2D eigenvalue weighted by molar-refractivity contribution is 5.80. The number of halogens is 1. The number of nitrogens with zero attached hydrogens (tertiary/aromatic N) is 3. The van der Waals surface area contributed by atoms with E-state index in [4.69, 9.17) is 5.84 Å². The van der Waals surface area contributed by atoms with Crippen molar-refractivity contribution in [1.29, 1.82) is 0 Å². The molecule has 1 heterocycles. The molecule has 0 spiro atoms. The predicted octanol–water partition coefficient (Wildman–Crippen LogP) is 1.88. The fourth-order valence-corrected chi connectivity index (χ4v) is 1.44. The Kier molecular flexibility index (Phi) is 3.09. The minimum Gasteiger partial charge on any atom is -0.323 e. The molecule has 4 nitrogen and oxygen atoms in total. The summed E-state index contributed by atoms with van der Waals surface area (Å²) in [4.78, 5) is 8.31. The van der Waals surface area contributed by atoms with Crippen LogP contribution in [0.15, 0.2) is 35.6 Å². The van der Waals surface area contributed by atoms with Crippen LogP contribution in [-0.4, -0.2) is 16.2 Å². The minimum atomic E-state index is -0.401. The van der Waals surface area contributed by atoms with E-state index < -0.39 is 5.82 Å². The van der Waals surface area contributed by atoms with Gasteiger partial charge in [-0.05, 0) is 25.1 Å². The van der Waals surface area contributed by atoms with Crippen LogP contribution in [-0.2, 0) is 0 Å².